The summed E-state index contributed by atoms with van der Waals surface area (Å²) in [5.41, 5.74) is 1.77. The Balaban J connectivity index is 1.32. The molecule has 0 aromatic heterocycles. The van der Waals surface area contributed by atoms with Crippen LogP contribution in [0.2, 0.25) is 0 Å². The first-order valence-corrected chi connectivity index (χ1v) is 10.5. The summed E-state index contributed by atoms with van der Waals surface area (Å²) < 4.78 is 6.96. The van der Waals surface area contributed by atoms with Crippen LogP contribution in [-0.2, 0) is 16.2 Å². The van der Waals surface area contributed by atoms with Gasteiger partial charge in [0.05, 0.1) is 18.1 Å². The van der Waals surface area contributed by atoms with E-state index in [-0.39, 0.29) is 35.5 Å². The van der Waals surface area contributed by atoms with Crippen LogP contribution < -0.4 is 4.74 Å². The van der Waals surface area contributed by atoms with Crippen molar-refractivity contribution in [2.24, 2.45) is 28.8 Å². The Morgan fingerprint density at radius 1 is 1.00 bits per heavy atom. The van der Waals surface area contributed by atoms with E-state index in [2.05, 4.69) is 33.2 Å². The van der Waals surface area contributed by atoms with Crippen molar-refractivity contribution in [2.75, 3.05) is 0 Å². The predicted octanol–water partition coefficient (Wildman–Crippen LogP) is 4.17. The molecule has 4 atom stereocenters. The van der Waals surface area contributed by atoms with E-state index < -0.39 is 0 Å². The second-order valence-corrected chi connectivity index (χ2v) is 8.60. The van der Waals surface area contributed by atoms with Gasteiger partial charge in [0.2, 0.25) is 0 Å². The van der Waals surface area contributed by atoms with Gasteiger partial charge in [-0.05, 0) is 48.1 Å². The second kappa shape index (κ2) is 7.26. The predicted molar refractivity (Wildman–Crippen MR) is 112 cm³/mol. The third-order valence-electron chi connectivity index (χ3n) is 5.99. The molecule has 6 heteroatoms. The van der Waals surface area contributed by atoms with E-state index in [1.807, 2.05) is 48.5 Å². The number of fused-ring (bicyclic) bond motifs is 5. The van der Waals surface area contributed by atoms with Crippen molar-refractivity contribution in [3.63, 3.8) is 0 Å². The molecular formula is C23H19BrN2O3. The van der Waals surface area contributed by atoms with E-state index in [0.717, 1.165) is 27.0 Å². The van der Waals surface area contributed by atoms with E-state index in [0.29, 0.717) is 12.4 Å². The summed E-state index contributed by atoms with van der Waals surface area (Å²) in [7, 11) is 0. The number of ether oxygens (including phenoxy) is 1. The minimum absolute atomic E-state index is 0.179. The van der Waals surface area contributed by atoms with Crippen molar-refractivity contribution in [3.8, 4) is 5.75 Å². The van der Waals surface area contributed by atoms with Crippen molar-refractivity contribution in [1.29, 1.82) is 0 Å². The van der Waals surface area contributed by atoms with Gasteiger partial charge < -0.3 is 4.74 Å². The molecule has 2 fully saturated rings. The highest BCUT2D eigenvalue weighted by Crippen LogP contribution is 2.52. The number of hydrogen-bond acceptors (Lipinski definition) is 4. The maximum absolute atomic E-state index is 12.8. The van der Waals surface area contributed by atoms with Gasteiger partial charge >= 0.3 is 0 Å². The molecule has 2 aromatic rings. The minimum atomic E-state index is -0.237. The lowest BCUT2D eigenvalue weighted by molar-refractivity contribution is -0.140. The molecule has 0 spiro atoms. The van der Waals surface area contributed by atoms with Crippen LogP contribution in [0.3, 0.4) is 0 Å². The number of para-hydroxylation sites is 1. The number of amides is 2. The molecule has 0 radical (unpaired) electrons. The van der Waals surface area contributed by atoms with Crippen LogP contribution in [-0.4, -0.2) is 23.0 Å². The molecule has 1 saturated carbocycles. The molecule has 146 valence electrons. The van der Waals surface area contributed by atoms with Crippen LogP contribution in [0.25, 0.3) is 0 Å². The number of carbonyl (C=O) groups excluding carboxylic acids is 2. The van der Waals surface area contributed by atoms with E-state index in [1.165, 1.54) is 0 Å². The van der Waals surface area contributed by atoms with Crippen LogP contribution >= 0.6 is 15.9 Å². The van der Waals surface area contributed by atoms with Crippen molar-refractivity contribution < 1.29 is 14.3 Å². The van der Waals surface area contributed by atoms with Crippen molar-refractivity contribution >= 4 is 34.0 Å². The Hall–Kier alpha value is -2.73. The SMILES string of the molecule is O=C1[C@@H]2[C@H](C(=O)N1/N=C\c1ccccc1OCc1ccc(Br)cc1)[C@H]1C=C[C@H]2C1. The molecule has 2 bridgehead atoms. The highest BCUT2D eigenvalue weighted by atomic mass is 79.9. The summed E-state index contributed by atoms with van der Waals surface area (Å²) in [6.45, 7) is 0.416. The number of halogens is 1. The topological polar surface area (TPSA) is 59.0 Å². The zero-order chi connectivity index (χ0) is 20.0. The van der Waals surface area contributed by atoms with Crippen molar-refractivity contribution in [1.82, 2.24) is 5.01 Å². The average molecular weight is 451 g/mol. The number of allylic oxidation sites excluding steroid dienone is 2. The first-order chi connectivity index (χ1) is 14.1. The highest BCUT2D eigenvalue weighted by molar-refractivity contribution is 9.10. The Morgan fingerprint density at radius 3 is 2.34 bits per heavy atom. The third kappa shape index (κ3) is 3.21. The zero-order valence-corrected chi connectivity index (χ0v) is 17.2. The van der Waals surface area contributed by atoms with E-state index in [1.54, 1.807) is 6.21 Å². The summed E-state index contributed by atoms with van der Waals surface area (Å²) in [4.78, 5) is 25.5. The van der Waals surface area contributed by atoms with E-state index in [4.69, 9.17) is 4.74 Å². The van der Waals surface area contributed by atoms with Crippen LogP contribution in [0.5, 0.6) is 5.75 Å². The number of nitrogens with zero attached hydrogens (tertiary/aromatic N) is 2. The molecule has 0 unspecified atom stereocenters. The normalized spacial score (nSPS) is 27.3. The quantitative estimate of drug-likeness (QED) is 0.390. The van der Waals surface area contributed by atoms with Gasteiger partial charge in [-0.1, -0.05) is 52.3 Å². The lowest BCUT2D eigenvalue weighted by atomic mass is 9.85. The molecule has 3 aliphatic rings. The summed E-state index contributed by atoms with van der Waals surface area (Å²) in [6, 6.07) is 15.4. The lowest BCUT2D eigenvalue weighted by Gasteiger charge is -2.13. The van der Waals surface area contributed by atoms with Crippen molar-refractivity contribution in [3.05, 3.63) is 76.3 Å². The van der Waals surface area contributed by atoms with Gasteiger partial charge in [0, 0.05) is 10.0 Å². The number of benzene rings is 2. The summed E-state index contributed by atoms with van der Waals surface area (Å²) in [5, 5.41) is 5.32. The fraction of sp³-hybridized carbons (Fsp3) is 0.261. The fourth-order valence-electron chi connectivity index (χ4n) is 4.58. The molecule has 29 heavy (non-hydrogen) atoms. The largest absolute Gasteiger partial charge is 0.488 e. The lowest BCUT2D eigenvalue weighted by Crippen LogP contribution is -2.28. The maximum Gasteiger partial charge on any atom is 0.254 e. The number of rotatable bonds is 5. The first kappa shape index (κ1) is 18.3. The Kier molecular flexibility index (Phi) is 4.59. The molecule has 1 heterocycles. The minimum Gasteiger partial charge on any atom is -0.488 e. The highest BCUT2D eigenvalue weighted by Gasteiger charge is 2.59. The van der Waals surface area contributed by atoms with E-state index >= 15 is 0 Å². The smallest absolute Gasteiger partial charge is 0.254 e. The van der Waals surface area contributed by atoms with Gasteiger partial charge in [-0.25, -0.2) is 0 Å². The van der Waals surface area contributed by atoms with Crippen LogP contribution in [0.4, 0.5) is 0 Å². The maximum atomic E-state index is 12.8. The fourth-order valence-corrected chi connectivity index (χ4v) is 4.85. The number of carbonyl (C=O) groups is 2. The summed E-state index contributed by atoms with van der Waals surface area (Å²) in [6.07, 6.45) is 6.62. The van der Waals surface area contributed by atoms with Crippen LogP contribution in [0.1, 0.15) is 17.5 Å². The summed E-state index contributed by atoms with van der Waals surface area (Å²) >= 11 is 3.42. The van der Waals surface area contributed by atoms with Gasteiger partial charge in [0.15, 0.2) is 0 Å². The number of imide groups is 1. The molecule has 5 nitrogen and oxygen atoms in total. The molecule has 2 amide bonds. The van der Waals surface area contributed by atoms with Gasteiger partial charge in [0.25, 0.3) is 11.8 Å². The standard InChI is InChI=1S/C23H19BrN2O3/c24-18-9-5-14(6-10-18)13-29-19-4-2-1-3-17(19)12-25-26-22(27)20-15-7-8-16(11-15)21(20)23(26)28/h1-10,12,15-16,20-21H,11,13H2/b25-12-/t15-,16-,20-,21+/m0/s1. The molecule has 2 aromatic carbocycles. The van der Waals surface area contributed by atoms with Gasteiger partial charge in [-0.2, -0.15) is 10.1 Å². The zero-order valence-electron chi connectivity index (χ0n) is 15.6. The Labute approximate surface area is 177 Å². The molecule has 1 aliphatic heterocycles. The average Bonchev–Trinajstić information content (AvgIpc) is 3.41. The molecule has 5 rings (SSSR count). The van der Waals surface area contributed by atoms with Gasteiger partial charge in [-0.3, -0.25) is 9.59 Å². The molecule has 0 N–H and O–H groups in total. The Morgan fingerprint density at radius 2 is 1.66 bits per heavy atom. The van der Waals surface area contributed by atoms with Crippen LogP contribution in [0.15, 0.2) is 70.3 Å². The molecule has 2 aliphatic carbocycles. The van der Waals surface area contributed by atoms with Gasteiger partial charge in [0.1, 0.15) is 12.4 Å². The monoisotopic (exact) mass is 450 g/mol. The van der Waals surface area contributed by atoms with Gasteiger partial charge in [-0.15, -0.1) is 0 Å². The second-order valence-electron chi connectivity index (χ2n) is 7.69. The third-order valence-corrected chi connectivity index (χ3v) is 6.51. The first-order valence-electron chi connectivity index (χ1n) is 9.68. The molecular weight excluding hydrogens is 432 g/mol. The van der Waals surface area contributed by atoms with Crippen molar-refractivity contribution in [2.45, 2.75) is 13.0 Å². The van der Waals surface area contributed by atoms with Crippen LogP contribution in [0, 0.1) is 23.7 Å². The number of hydrogen-bond donors (Lipinski definition) is 0. The summed E-state index contributed by atoms with van der Waals surface area (Å²) in [5.74, 6) is 0.186. The number of hydrazone groups is 1. The molecule has 1 saturated heterocycles. The van der Waals surface area contributed by atoms with E-state index in [9.17, 15) is 9.59 Å². The Bertz CT molecular complexity index is 1000.